The second-order valence-corrected chi connectivity index (χ2v) is 9.18. The van der Waals surface area contributed by atoms with Gasteiger partial charge in [-0.25, -0.2) is 0 Å². The number of Topliss-reactive ketones (excluding diaryl/α,β-unsaturated/α-hetero) is 1. The predicted molar refractivity (Wildman–Crippen MR) is 120 cm³/mol. The number of nitrogens with two attached hydrogens (primary N) is 1. The summed E-state index contributed by atoms with van der Waals surface area (Å²) in [5, 5.41) is 0. The maximum absolute atomic E-state index is 11.0. The Hall–Kier alpha value is -0.890. The number of rotatable bonds is 9. The zero-order valence-electron chi connectivity index (χ0n) is 19.9. The number of carbonyl (C=O) groups excluding carboxylic acids is 1. The molecule has 4 nitrogen and oxygen atoms in total. The lowest BCUT2D eigenvalue weighted by Crippen LogP contribution is -2.44. The summed E-state index contributed by atoms with van der Waals surface area (Å²) in [4.78, 5) is 15.8. The maximum atomic E-state index is 11.0. The van der Waals surface area contributed by atoms with Crippen molar-refractivity contribution >= 4 is 5.78 Å². The minimum atomic E-state index is -0.299. The molecule has 160 valence electrons. The van der Waals surface area contributed by atoms with Gasteiger partial charge in [-0.15, -0.1) is 5.92 Å². The molecule has 0 aromatic rings. The first-order valence-corrected chi connectivity index (χ1v) is 10.5. The largest absolute Gasteiger partial charge is 0.321 e. The molecule has 1 unspecified atom stereocenters. The van der Waals surface area contributed by atoms with Crippen molar-refractivity contribution < 1.29 is 4.79 Å². The van der Waals surface area contributed by atoms with Crippen LogP contribution in [-0.2, 0) is 4.79 Å². The summed E-state index contributed by atoms with van der Waals surface area (Å²) in [5.41, 5.74) is 6.14. The second kappa shape index (κ2) is 14.2. The monoisotopic (exact) mass is 381 g/mol. The lowest BCUT2D eigenvalue weighted by Gasteiger charge is -2.36. The van der Waals surface area contributed by atoms with Gasteiger partial charge in [0.1, 0.15) is 5.78 Å². The molecule has 0 fully saturated rings. The molecule has 0 radical (unpaired) electrons. The van der Waals surface area contributed by atoms with Gasteiger partial charge in [0.25, 0.3) is 0 Å². The van der Waals surface area contributed by atoms with E-state index < -0.39 is 0 Å². The van der Waals surface area contributed by atoms with E-state index in [-0.39, 0.29) is 22.9 Å². The fraction of sp³-hybridized carbons (Fsp3) is 0.870. The van der Waals surface area contributed by atoms with Crippen LogP contribution in [0.2, 0.25) is 0 Å². The molecule has 1 atom stereocenters. The summed E-state index contributed by atoms with van der Waals surface area (Å²) in [6, 6.07) is -0.299. The molecule has 2 N–H and O–H groups in total. The van der Waals surface area contributed by atoms with Crippen LogP contribution in [0, 0.1) is 11.8 Å². The standard InChI is InChI=1S/C12H26N2O.C11H21N/c1-6-8-14(12(3,4)5)9-7-11(13)10(2)15;1-6-8-10-12(9-7-2)11(3,4)5/h11H,6-9,13H2,1-5H3;7,9-10H2,1-5H3. The van der Waals surface area contributed by atoms with Crippen LogP contribution in [0.5, 0.6) is 0 Å². The van der Waals surface area contributed by atoms with E-state index in [1.54, 1.807) is 6.92 Å². The highest BCUT2D eigenvalue weighted by Gasteiger charge is 2.21. The molecule has 27 heavy (non-hydrogen) atoms. The lowest BCUT2D eigenvalue weighted by atomic mass is 10.0. The zero-order chi connectivity index (χ0) is 21.7. The van der Waals surface area contributed by atoms with E-state index in [1.807, 2.05) is 6.92 Å². The van der Waals surface area contributed by atoms with Gasteiger partial charge in [-0.3, -0.25) is 14.6 Å². The van der Waals surface area contributed by atoms with Crippen LogP contribution < -0.4 is 5.73 Å². The number of nitrogens with zero attached hydrogens (tertiary/aromatic N) is 2. The molecule has 0 saturated heterocycles. The number of hydrogen-bond acceptors (Lipinski definition) is 4. The molecule has 0 aromatic carbocycles. The van der Waals surface area contributed by atoms with Crippen molar-refractivity contribution in [3.63, 3.8) is 0 Å². The lowest BCUT2D eigenvalue weighted by molar-refractivity contribution is -0.118. The Morgan fingerprint density at radius 2 is 1.37 bits per heavy atom. The van der Waals surface area contributed by atoms with E-state index in [0.29, 0.717) is 0 Å². The van der Waals surface area contributed by atoms with Gasteiger partial charge >= 0.3 is 0 Å². The first-order valence-electron chi connectivity index (χ1n) is 10.5. The fourth-order valence-electron chi connectivity index (χ4n) is 2.65. The van der Waals surface area contributed by atoms with E-state index in [0.717, 1.165) is 39.0 Å². The molecular weight excluding hydrogens is 334 g/mol. The fourth-order valence-corrected chi connectivity index (χ4v) is 2.65. The van der Waals surface area contributed by atoms with Gasteiger partial charge in [0.2, 0.25) is 0 Å². The SMILES string of the molecule is CC#CCN(CCC)C(C)(C)C.CCCN(CCC(N)C(C)=O)C(C)(C)C. The van der Waals surface area contributed by atoms with Gasteiger partial charge < -0.3 is 5.73 Å². The maximum Gasteiger partial charge on any atom is 0.146 e. The molecule has 0 aliphatic carbocycles. The van der Waals surface area contributed by atoms with E-state index >= 15 is 0 Å². The Morgan fingerprint density at radius 1 is 0.926 bits per heavy atom. The van der Waals surface area contributed by atoms with Crippen LogP contribution in [0.4, 0.5) is 0 Å². The average molecular weight is 382 g/mol. The van der Waals surface area contributed by atoms with Crippen molar-refractivity contribution in [2.45, 2.75) is 106 Å². The van der Waals surface area contributed by atoms with Crippen LogP contribution in [0.15, 0.2) is 0 Å². The van der Waals surface area contributed by atoms with Gasteiger partial charge in [0.15, 0.2) is 0 Å². The van der Waals surface area contributed by atoms with Crippen molar-refractivity contribution in [3.8, 4) is 11.8 Å². The molecule has 0 spiro atoms. The van der Waals surface area contributed by atoms with Crippen LogP contribution in [0.1, 0.15) is 88.5 Å². The van der Waals surface area contributed by atoms with Gasteiger partial charge in [-0.2, -0.15) is 0 Å². The third-order valence-electron chi connectivity index (χ3n) is 4.56. The molecular formula is C23H47N3O. The van der Waals surface area contributed by atoms with Crippen molar-refractivity contribution in [1.29, 1.82) is 0 Å². The smallest absolute Gasteiger partial charge is 0.146 e. The highest BCUT2D eigenvalue weighted by Crippen LogP contribution is 2.14. The molecule has 0 saturated carbocycles. The van der Waals surface area contributed by atoms with E-state index in [1.165, 1.54) is 6.42 Å². The highest BCUT2D eigenvalue weighted by molar-refractivity contribution is 5.81. The summed E-state index contributed by atoms with van der Waals surface area (Å²) in [6.07, 6.45) is 3.09. The van der Waals surface area contributed by atoms with Crippen molar-refractivity contribution in [2.24, 2.45) is 5.73 Å². The second-order valence-electron chi connectivity index (χ2n) is 9.18. The van der Waals surface area contributed by atoms with E-state index in [4.69, 9.17) is 5.73 Å². The van der Waals surface area contributed by atoms with Crippen molar-refractivity contribution in [1.82, 2.24) is 9.80 Å². The summed E-state index contributed by atoms with van der Waals surface area (Å²) >= 11 is 0. The Balaban J connectivity index is 0. The van der Waals surface area contributed by atoms with Crippen LogP contribution in [0.3, 0.4) is 0 Å². The van der Waals surface area contributed by atoms with Crippen LogP contribution >= 0.6 is 0 Å². The zero-order valence-corrected chi connectivity index (χ0v) is 19.9. The van der Waals surface area contributed by atoms with Crippen LogP contribution in [0.25, 0.3) is 0 Å². The quantitative estimate of drug-likeness (QED) is 0.604. The summed E-state index contributed by atoms with van der Waals surface area (Å²) < 4.78 is 0. The highest BCUT2D eigenvalue weighted by atomic mass is 16.1. The Bertz CT molecular complexity index is 449. The van der Waals surface area contributed by atoms with Crippen molar-refractivity contribution in [3.05, 3.63) is 0 Å². The van der Waals surface area contributed by atoms with Gasteiger partial charge in [-0.1, -0.05) is 19.8 Å². The molecule has 0 aliphatic heterocycles. The minimum Gasteiger partial charge on any atom is -0.321 e. The number of ketones is 1. The minimum absolute atomic E-state index is 0.0837. The Morgan fingerprint density at radius 3 is 1.70 bits per heavy atom. The molecule has 0 amide bonds. The van der Waals surface area contributed by atoms with Crippen molar-refractivity contribution in [2.75, 3.05) is 26.2 Å². The van der Waals surface area contributed by atoms with E-state index in [2.05, 4.69) is 77.0 Å². The third kappa shape index (κ3) is 14.8. The number of hydrogen-bond donors (Lipinski definition) is 1. The third-order valence-corrected chi connectivity index (χ3v) is 4.56. The first-order chi connectivity index (χ1) is 12.3. The molecule has 0 aliphatic rings. The van der Waals surface area contributed by atoms with Gasteiger partial charge in [0.05, 0.1) is 12.6 Å². The Kier molecular flexibility index (Phi) is 14.8. The molecule has 4 heteroatoms. The first kappa shape index (κ1) is 28.3. The summed E-state index contributed by atoms with van der Waals surface area (Å²) in [7, 11) is 0. The average Bonchev–Trinajstić information content (AvgIpc) is 2.53. The molecule has 0 rings (SSSR count). The van der Waals surface area contributed by atoms with Gasteiger partial charge in [-0.05, 0) is 87.7 Å². The normalized spacial score (nSPS) is 12.9. The summed E-state index contributed by atoms with van der Waals surface area (Å²) in [5.74, 6) is 6.14. The number of carbonyl (C=O) groups is 1. The van der Waals surface area contributed by atoms with Gasteiger partial charge in [0, 0.05) is 17.6 Å². The Labute approximate surface area is 170 Å². The molecule has 0 bridgehead atoms. The predicted octanol–water partition coefficient (Wildman–Crippen LogP) is 4.32. The topological polar surface area (TPSA) is 49.6 Å². The summed E-state index contributed by atoms with van der Waals surface area (Å²) in [6.45, 7) is 25.1. The molecule has 0 heterocycles. The van der Waals surface area contributed by atoms with E-state index in [9.17, 15) is 4.79 Å². The van der Waals surface area contributed by atoms with Crippen LogP contribution in [-0.4, -0.2) is 58.9 Å². The molecule has 0 aromatic heterocycles.